The van der Waals surface area contributed by atoms with Crippen molar-refractivity contribution < 1.29 is 24.5 Å². The van der Waals surface area contributed by atoms with Crippen molar-refractivity contribution in [3.8, 4) is 0 Å². The predicted molar refractivity (Wildman–Crippen MR) is 255 cm³/mol. The Morgan fingerprint density at radius 2 is 0.915 bits per heavy atom. The monoisotopic (exact) mass is 828 g/mol. The summed E-state index contributed by atoms with van der Waals surface area (Å²) in [5, 5.41) is 23.8. The summed E-state index contributed by atoms with van der Waals surface area (Å²) in [6, 6.07) is -0.707. The first kappa shape index (κ1) is 56.8. The summed E-state index contributed by atoms with van der Waals surface area (Å²) in [5.41, 5.74) is 0. The van der Waals surface area contributed by atoms with Gasteiger partial charge in [-0.1, -0.05) is 243 Å². The molecule has 0 radical (unpaired) electrons. The van der Waals surface area contributed by atoms with Gasteiger partial charge in [0, 0.05) is 6.42 Å². The molecule has 3 unspecified atom stereocenters. The second-order valence-corrected chi connectivity index (χ2v) is 17.3. The molecule has 0 aliphatic carbocycles. The molecule has 0 fully saturated rings. The first-order valence-electron chi connectivity index (χ1n) is 25.4. The highest BCUT2D eigenvalue weighted by molar-refractivity contribution is 5.77. The van der Waals surface area contributed by atoms with Crippen molar-refractivity contribution in [3.05, 3.63) is 48.6 Å². The Hall–Kier alpha value is -2.18. The summed E-state index contributed by atoms with van der Waals surface area (Å²) in [4.78, 5) is 26.1. The molecule has 0 saturated heterocycles. The lowest BCUT2D eigenvalue weighted by Crippen LogP contribution is -2.46. The molecule has 3 atom stereocenters. The van der Waals surface area contributed by atoms with Gasteiger partial charge in [0.2, 0.25) is 5.91 Å². The van der Waals surface area contributed by atoms with E-state index >= 15 is 0 Å². The van der Waals surface area contributed by atoms with E-state index in [4.69, 9.17) is 4.74 Å². The van der Waals surface area contributed by atoms with Crippen LogP contribution in [0.15, 0.2) is 48.6 Å². The van der Waals surface area contributed by atoms with Crippen LogP contribution in [0, 0.1) is 0 Å². The summed E-state index contributed by atoms with van der Waals surface area (Å²) in [5.74, 6) is -0.512. The average Bonchev–Trinajstić information content (AvgIpc) is 3.23. The zero-order valence-corrected chi connectivity index (χ0v) is 39.1. The number of ether oxygens (including phenoxy) is 1. The van der Waals surface area contributed by atoms with Crippen LogP contribution in [0.25, 0.3) is 0 Å². The lowest BCUT2D eigenvalue weighted by Gasteiger charge is -2.24. The third kappa shape index (κ3) is 42.3. The minimum Gasteiger partial charge on any atom is -0.462 e. The van der Waals surface area contributed by atoms with E-state index in [0.29, 0.717) is 19.3 Å². The number of aliphatic hydroxyl groups is 2. The van der Waals surface area contributed by atoms with Crippen molar-refractivity contribution in [3.63, 3.8) is 0 Å². The molecule has 0 aliphatic rings. The molecule has 0 heterocycles. The molecule has 59 heavy (non-hydrogen) atoms. The average molecular weight is 828 g/mol. The number of rotatable bonds is 45. The molecule has 0 aromatic rings. The first-order chi connectivity index (χ1) is 29.0. The number of hydrogen-bond acceptors (Lipinski definition) is 5. The Morgan fingerprint density at radius 3 is 1.37 bits per heavy atom. The highest BCUT2D eigenvalue weighted by atomic mass is 16.5. The quantitative estimate of drug-likeness (QED) is 0.0323. The van der Waals surface area contributed by atoms with Gasteiger partial charge in [0.1, 0.15) is 6.10 Å². The fraction of sp³-hybridized carbons (Fsp3) is 0.811. The van der Waals surface area contributed by atoms with Gasteiger partial charge in [-0.3, -0.25) is 9.59 Å². The molecule has 344 valence electrons. The molecule has 0 aromatic heterocycles. The molecular formula is C53H97NO5. The predicted octanol–water partition coefficient (Wildman–Crippen LogP) is 15.1. The van der Waals surface area contributed by atoms with Gasteiger partial charge in [0.25, 0.3) is 0 Å². The molecule has 0 rings (SSSR count). The summed E-state index contributed by atoms with van der Waals surface area (Å²) in [6.07, 6.45) is 56.0. The second-order valence-electron chi connectivity index (χ2n) is 17.3. The standard InChI is InChI=1S/C53H97NO5/c1-4-7-10-13-16-19-22-25-28-30-33-36-39-42-45-51(56)50(48-55)54-52(57)47-49(44-41-38-35-32-29-26-23-20-17-14-11-8-5-2)59-53(58)46-43-40-37-34-31-27-24-21-18-15-12-9-6-3/h9,12,15,18,21,24,27,31,49-51,55-56H,4-8,10-11,13-14,16-17,19-20,22-23,25-26,28-30,32-48H2,1-3H3,(H,54,57)/b12-9+,18-15+,24-21-,31-27-. The Balaban J connectivity index is 4.60. The molecule has 0 bridgehead atoms. The second kappa shape index (κ2) is 46.9. The maximum Gasteiger partial charge on any atom is 0.306 e. The van der Waals surface area contributed by atoms with E-state index in [1.165, 1.54) is 141 Å². The van der Waals surface area contributed by atoms with Gasteiger partial charge < -0.3 is 20.3 Å². The van der Waals surface area contributed by atoms with E-state index in [1.807, 2.05) is 24.3 Å². The van der Waals surface area contributed by atoms with Crippen LogP contribution in [0.4, 0.5) is 0 Å². The fourth-order valence-corrected chi connectivity index (χ4v) is 7.68. The van der Waals surface area contributed by atoms with E-state index < -0.39 is 18.2 Å². The highest BCUT2D eigenvalue weighted by Crippen LogP contribution is 2.18. The third-order valence-electron chi connectivity index (χ3n) is 11.5. The lowest BCUT2D eigenvalue weighted by molar-refractivity contribution is -0.151. The lowest BCUT2D eigenvalue weighted by atomic mass is 10.0. The van der Waals surface area contributed by atoms with E-state index in [9.17, 15) is 19.8 Å². The van der Waals surface area contributed by atoms with Crippen molar-refractivity contribution in [2.24, 2.45) is 0 Å². The first-order valence-corrected chi connectivity index (χ1v) is 25.4. The zero-order valence-electron chi connectivity index (χ0n) is 39.1. The molecule has 0 saturated carbocycles. The van der Waals surface area contributed by atoms with Gasteiger partial charge in [-0.05, 0) is 44.9 Å². The molecule has 0 aliphatic heterocycles. The number of nitrogens with one attached hydrogen (secondary N) is 1. The van der Waals surface area contributed by atoms with Gasteiger partial charge in [-0.2, -0.15) is 0 Å². The summed E-state index contributed by atoms with van der Waals surface area (Å²) in [6.45, 7) is 6.34. The molecule has 0 spiro atoms. The number of carbonyl (C=O) groups is 2. The Bertz CT molecular complexity index is 1020. The summed E-state index contributed by atoms with van der Waals surface area (Å²) in [7, 11) is 0. The Morgan fingerprint density at radius 1 is 0.508 bits per heavy atom. The van der Waals surface area contributed by atoms with Crippen LogP contribution in [-0.2, 0) is 14.3 Å². The zero-order chi connectivity index (χ0) is 43.1. The molecule has 6 nitrogen and oxygen atoms in total. The van der Waals surface area contributed by atoms with Crippen molar-refractivity contribution in [2.75, 3.05) is 6.61 Å². The largest absolute Gasteiger partial charge is 0.462 e. The van der Waals surface area contributed by atoms with Crippen LogP contribution in [-0.4, -0.2) is 46.9 Å². The van der Waals surface area contributed by atoms with Gasteiger partial charge in [-0.25, -0.2) is 0 Å². The number of allylic oxidation sites excluding steroid dienone is 8. The molecule has 3 N–H and O–H groups in total. The minimum absolute atomic E-state index is 0.0640. The van der Waals surface area contributed by atoms with Crippen LogP contribution in [0.5, 0.6) is 0 Å². The van der Waals surface area contributed by atoms with E-state index in [1.54, 1.807) is 0 Å². The van der Waals surface area contributed by atoms with Gasteiger partial charge >= 0.3 is 5.97 Å². The molecule has 6 heteroatoms. The number of aliphatic hydroxyl groups excluding tert-OH is 2. The van der Waals surface area contributed by atoms with Gasteiger partial charge in [-0.15, -0.1) is 0 Å². The number of hydrogen-bond donors (Lipinski definition) is 3. The summed E-state index contributed by atoms with van der Waals surface area (Å²) >= 11 is 0. The maximum atomic E-state index is 13.2. The number of esters is 1. The smallest absolute Gasteiger partial charge is 0.306 e. The maximum absolute atomic E-state index is 13.2. The normalized spacial score (nSPS) is 13.6. The van der Waals surface area contributed by atoms with Crippen molar-refractivity contribution in [1.29, 1.82) is 0 Å². The molecular weight excluding hydrogens is 731 g/mol. The van der Waals surface area contributed by atoms with Gasteiger partial charge in [0.15, 0.2) is 0 Å². The van der Waals surface area contributed by atoms with Crippen LogP contribution in [0.1, 0.15) is 252 Å². The fourth-order valence-electron chi connectivity index (χ4n) is 7.68. The Labute approximate surface area is 366 Å². The number of unbranched alkanes of at least 4 members (excludes halogenated alkanes) is 28. The molecule has 1 amide bonds. The highest BCUT2D eigenvalue weighted by Gasteiger charge is 2.24. The van der Waals surface area contributed by atoms with Crippen LogP contribution in [0.3, 0.4) is 0 Å². The number of amides is 1. The third-order valence-corrected chi connectivity index (χ3v) is 11.5. The van der Waals surface area contributed by atoms with Crippen LogP contribution in [0.2, 0.25) is 0 Å². The Kier molecular flexibility index (Phi) is 45.1. The van der Waals surface area contributed by atoms with Crippen molar-refractivity contribution in [2.45, 2.75) is 270 Å². The van der Waals surface area contributed by atoms with E-state index in [0.717, 1.165) is 64.2 Å². The van der Waals surface area contributed by atoms with Crippen LogP contribution >= 0.6 is 0 Å². The van der Waals surface area contributed by atoms with E-state index in [2.05, 4.69) is 50.4 Å². The van der Waals surface area contributed by atoms with Gasteiger partial charge in [0.05, 0.1) is 25.2 Å². The van der Waals surface area contributed by atoms with E-state index in [-0.39, 0.29) is 24.9 Å². The van der Waals surface area contributed by atoms with Crippen molar-refractivity contribution in [1.82, 2.24) is 5.32 Å². The summed E-state index contributed by atoms with van der Waals surface area (Å²) < 4.78 is 5.91. The number of carbonyl (C=O) groups excluding carboxylic acids is 2. The SMILES string of the molecule is CC/C=C/C=C/C=C\C=C/CCCCCC(=O)OC(CCCCCCCCCCCCCCC)CC(=O)NC(CO)C(O)CCCCCCCCCCCCCCCC. The van der Waals surface area contributed by atoms with Crippen LogP contribution < -0.4 is 5.32 Å². The molecule has 0 aromatic carbocycles. The minimum atomic E-state index is -0.793. The van der Waals surface area contributed by atoms with Crippen molar-refractivity contribution >= 4 is 11.9 Å². The topological polar surface area (TPSA) is 95.9 Å².